The van der Waals surface area contributed by atoms with Gasteiger partial charge in [0, 0.05) is 44.1 Å². The lowest BCUT2D eigenvalue weighted by Gasteiger charge is -2.42. The average molecular weight is 359 g/mol. The molecule has 7 heteroatoms. The normalized spacial score (nSPS) is 25.2. The van der Waals surface area contributed by atoms with Crippen molar-refractivity contribution in [2.75, 3.05) is 26.2 Å². The second-order valence-corrected chi connectivity index (χ2v) is 7.93. The van der Waals surface area contributed by atoms with Crippen molar-refractivity contribution in [3.05, 3.63) is 18.5 Å². The highest BCUT2D eigenvalue weighted by atomic mass is 16.2. The first kappa shape index (κ1) is 17.5. The first-order valence-electron chi connectivity index (χ1n) is 9.98. The van der Waals surface area contributed by atoms with E-state index in [0.717, 1.165) is 64.7 Å². The summed E-state index contributed by atoms with van der Waals surface area (Å²) in [5.74, 6) is 0.542. The molecular formula is C19H29N5O2. The van der Waals surface area contributed by atoms with Gasteiger partial charge in [-0.05, 0) is 51.1 Å². The van der Waals surface area contributed by atoms with Crippen molar-refractivity contribution in [2.45, 2.75) is 57.2 Å². The van der Waals surface area contributed by atoms with Gasteiger partial charge in [-0.25, -0.2) is 0 Å². The van der Waals surface area contributed by atoms with E-state index < -0.39 is 0 Å². The number of nitrogens with one attached hydrogen (secondary N) is 1. The van der Waals surface area contributed by atoms with E-state index >= 15 is 0 Å². The lowest BCUT2D eigenvalue weighted by molar-refractivity contribution is -0.133. The van der Waals surface area contributed by atoms with Gasteiger partial charge >= 0.3 is 0 Å². The van der Waals surface area contributed by atoms with E-state index in [2.05, 4.69) is 15.3 Å². The van der Waals surface area contributed by atoms with Crippen LogP contribution in [-0.2, 0) is 16.1 Å². The number of rotatable bonds is 5. The molecule has 3 aliphatic rings. The monoisotopic (exact) mass is 359 g/mol. The Kier molecular flexibility index (Phi) is 5.24. The lowest BCUT2D eigenvalue weighted by Crippen LogP contribution is -2.52. The molecule has 4 rings (SSSR count). The van der Waals surface area contributed by atoms with Crippen LogP contribution in [-0.4, -0.2) is 69.7 Å². The van der Waals surface area contributed by atoms with Crippen molar-refractivity contribution >= 4 is 11.8 Å². The van der Waals surface area contributed by atoms with Crippen LogP contribution in [0.5, 0.6) is 0 Å². The summed E-state index contributed by atoms with van der Waals surface area (Å²) in [6.45, 7) is 3.90. The molecule has 1 aliphatic carbocycles. The molecule has 3 heterocycles. The minimum atomic E-state index is 0.142. The van der Waals surface area contributed by atoms with E-state index in [9.17, 15) is 9.59 Å². The van der Waals surface area contributed by atoms with Gasteiger partial charge in [0.05, 0.1) is 5.92 Å². The molecule has 1 aromatic rings. The van der Waals surface area contributed by atoms with Crippen LogP contribution >= 0.6 is 0 Å². The molecule has 1 aromatic heterocycles. The maximum absolute atomic E-state index is 12.4. The molecule has 1 atom stereocenters. The van der Waals surface area contributed by atoms with Crippen molar-refractivity contribution in [1.29, 1.82) is 0 Å². The Morgan fingerprint density at radius 2 is 1.88 bits per heavy atom. The quantitative estimate of drug-likeness (QED) is 0.847. The molecule has 1 N–H and O–H groups in total. The fraction of sp³-hybridized carbons (Fsp3) is 0.737. The molecule has 0 spiro atoms. The Morgan fingerprint density at radius 1 is 1.08 bits per heavy atom. The zero-order chi connectivity index (χ0) is 17.9. The van der Waals surface area contributed by atoms with Crippen LogP contribution in [0.25, 0.3) is 0 Å². The largest absolute Gasteiger partial charge is 0.353 e. The molecule has 1 unspecified atom stereocenters. The van der Waals surface area contributed by atoms with Crippen LogP contribution < -0.4 is 5.32 Å². The number of carbonyl (C=O) groups is 2. The first-order valence-corrected chi connectivity index (χ1v) is 9.98. The van der Waals surface area contributed by atoms with Crippen LogP contribution in [0.15, 0.2) is 18.5 Å². The molecule has 2 amide bonds. The van der Waals surface area contributed by atoms with Gasteiger partial charge in [0.1, 0.15) is 6.54 Å². The third kappa shape index (κ3) is 4.26. The Hall–Kier alpha value is -1.89. The smallest absolute Gasteiger partial charge is 0.244 e. The summed E-state index contributed by atoms with van der Waals surface area (Å²) in [7, 11) is 0. The summed E-state index contributed by atoms with van der Waals surface area (Å²) in [6, 6.07) is 2.79. The van der Waals surface area contributed by atoms with Crippen molar-refractivity contribution in [1.82, 2.24) is 24.9 Å². The number of aromatic nitrogens is 2. The predicted molar refractivity (Wildman–Crippen MR) is 97.3 cm³/mol. The highest BCUT2D eigenvalue weighted by Gasteiger charge is 2.34. The van der Waals surface area contributed by atoms with Gasteiger partial charge in [-0.15, -0.1) is 0 Å². The second-order valence-electron chi connectivity index (χ2n) is 7.93. The van der Waals surface area contributed by atoms with Gasteiger partial charge in [0.2, 0.25) is 11.8 Å². The van der Waals surface area contributed by atoms with Crippen LogP contribution in [0.1, 0.15) is 38.5 Å². The molecule has 3 fully saturated rings. The number of piperidine rings is 2. The zero-order valence-corrected chi connectivity index (χ0v) is 15.3. The molecule has 0 aromatic carbocycles. The standard InChI is InChI=1S/C19H29N5O2/c25-18(14-24-10-2-8-20-24)22-11-6-17(7-12-22)23-9-1-3-15(13-23)19(26)21-16-4-5-16/h2,8,10,15-17H,1,3-7,9,11-14H2,(H,21,26). The van der Waals surface area contributed by atoms with Gasteiger partial charge in [-0.3, -0.25) is 19.2 Å². The van der Waals surface area contributed by atoms with Crippen molar-refractivity contribution in [2.24, 2.45) is 5.92 Å². The molecule has 0 bridgehead atoms. The predicted octanol–water partition coefficient (Wildman–Crippen LogP) is 0.865. The van der Waals surface area contributed by atoms with Gasteiger partial charge < -0.3 is 10.2 Å². The minimum Gasteiger partial charge on any atom is -0.353 e. The molecule has 142 valence electrons. The van der Waals surface area contributed by atoms with Crippen molar-refractivity contribution in [3.63, 3.8) is 0 Å². The molecule has 0 radical (unpaired) electrons. The van der Waals surface area contributed by atoms with Crippen LogP contribution in [0.3, 0.4) is 0 Å². The summed E-state index contributed by atoms with van der Waals surface area (Å²) in [5.41, 5.74) is 0. The fourth-order valence-electron chi connectivity index (χ4n) is 4.21. The van der Waals surface area contributed by atoms with Crippen LogP contribution in [0.4, 0.5) is 0 Å². The minimum absolute atomic E-state index is 0.142. The first-order chi connectivity index (χ1) is 12.7. The summed E-state index contributed by atoms with van der Waals surface area (Å²) in [5, 5.41) is 7.28. The Balaban J connectivity index is 1.24. The average Bonchev–Trinajstić information content (AvgIpc) is 3.34. The number of hydrogen-bond donors (Lipinski definition) is 1. The maximum atomic E-state index is 12.4. The van der Waals surface area contributed by atoms with Crippen LogP contribution in [0, 0.1) is 5.92 Å². The second kappa shape index (κ2) is 7.78. The number of amides is 2. The Morgan fingerprint density at radius 3 is 2.58 bits per heavy atom. The SMILES string of the molecule is O=C(NC1CC1)C1CCCN(C2CCN(C(=O)Cn3cccn3)CC2)C1. The molecule has 2 aliphatic heterocycles. The number of likely N-dealkylation sites (tertiary alicyclic amines) is 2. The number of carbonyl (C=O) groups excluding carboxylic acids is 2. The summed E-state index contributed by atoms with van der Waals surface area (Å²) < 4.78 is 1.68. The van der Waals surface area contributed by atoms with Crippen molar-refractivity contribution < 1.29 is 9.59 Å². The summed E-state index contributed by atoms with van der Waals surface area (Å²) in [6.07, 6.45) is 9.93. The number of hydrogen-bond acceptors (Lipinski definition) is 4. The van der Waals surface area contributed by atoms with Gasteiger partial charge in [0.25, 0.3) is 0 Å². The van der Waals surface area contributed by atoms with Gasteiger partial charge in [-0.1, -0.05) is 0 Å². The fourth-order valence-corrected chi connectivity index (χ4v) is 4.21. The third-order valence-electron chi connectivity index (χ3n) is 5.94. The van der Waals surface area contributed by atoms with E-state index in [1.807, 2.05) is 17.2 Å². The molecule has 7 nitrogen and oxygen atoms in total. The van der Waals surface area contributed by atoms with E-state index in [1.165, 1.54) is 0 Å². The zero-order valence-electron chi connectivity index (χ0n) is 15.3. The lowest BCUT2D eigenvalue weighted by atomic mass is 9.93. The van der Waals surface area contributed by atoms with E-state index in [4.69, 9.17) is 0 Å². The summed E-state index contributed by atoms with van der Waals surface area (Å²) in [4.78, 5) is 29.2. The molecule has 1 saturated carbocycles. The highest BCUT2D eigenvalue weighted by Crippen LogP contribution is 2.26. The molecule has 2 saturated heterocycles. The highest BCUT2D eigenvalue weighted by molar-refractivity contribution is 5.79. The van der Waals surface area contributed by atoms with Gasteiger partial charge in [0.15, 0.2) is 0 Å². The Bertz CT molecular complexity index is 620. The van der Waals surface area contributed by atoms with Crippen molar-refractivity contribution in [3.8, 4) is 0 Å². The summed E-state index contributed by atoms with van der Waals surface area (Å²) >= 11 is 0. The Labute approximate surface area is 154 Å². The van der Waals surface area contributed by atoms with Crippen LogP contribution in [0.2, 0.25) is 0 Å². The molecular weight excluding hydrogens is 330 g/mol. The van der Waals surface area contributed by atoms with Gasteiger partial charge in [-0.2, -0.15) is 5.10 Å². The number of nitrogens with zero attached hydrogens (tertiary/aromatic N) is 4. The van der Waals surface area contributed by atoms with E-state index in [1.54, 1.807) is 10.9 Å². The maximum Gasteiger partial charge on any atom is 0.244 e. The van der Waals surface area contributed by atoms with E-state index in [-0.39, 0.29) is 17.7 Å². The third-order valence-corrected chi connectivity index (χ3v) is 5.94. The topological polar surface area (TPSA) is 70.5 Å². The molecule has 26 heavy (non-hydrogen) atoms. The van der Waals surface area contributed by atoms with E-state index in [0.29, 0.717) is 18.6 Å².